The number of nitrogens with one attached hydrogen (secondary N) is 2. The van der Waals surface area contributed by atoms with Crippen LogP contribution in [0.1, 0.15) is 0 Å². The van der Waals surface area contributed by atoms with Gasteiger partial charge in [0.1, 0.15) is 0 Å². The van der Waals surface area contributed by atoms with E-state index in [0.717, 1.165) is 75.1 Å². The van der Waals surface area contributed by atoms with Crippen LogP contribution in [0.4, 0.5) is 22.7 Å². The molecule has 0 spiro atoms. The van der Waals surface area contributed by atoms with Gasteiger partial charge in [-0.1, -0.05) is 24.3 Å². The highest BCUT2D eigenvalue weighted by atomic mass is 15.2. The maximum absolute atomic E-state index is 6.16. The van der Waals surface area contributed by atoms with Crippen LogP contribution in [0, 0.1) is 0 Å². The Morgan fingerprint density at radius 3 is 1.27 bits per heavy atom. The predicted molar refractivity (Wildman–Crippen MR) is 112 cm³/mol. The van der Waals surface area contributed by atoms with E-state index in [2.05, 4.69) is 32.6 Å². The second-order valence-electron chi connectivity index (χ2n) is 6.59. The number of anilines is 4. The molecule has 0 amide bonds. The van der Waals surface area contributed by atoms with E-state index in [1.54, 1.807) is 0 Å². The molecule has 6 N–H and O–H groups in total. The lowest BCUT2D eigenvalue weighted by Crippen LogP contribution is -2.43. The number of hydrogen-bond acceptors (Lipinski definition) is 6. The van der Waals surface area contributed by atoms with Crippen molar-refractivity contribution in [2.45, 2.75) is 0 Å². The smallest absolute Gasteiger partial charge is 0.0600 e. The van der Waals surface area contributed by atoms with Gasteiger partial charge in [-0.05, 0) is 24.3 Å². The van der Waals surface area contributed by atoms with Gasteiger partial charge in [0.05, 0.1) is 22.7 Å². The van der Waals surface area contributed by atoms with Crippen molar-refractivity contribution in [3.05, 3.63) is 48.5 Å². The second kappa shape index (κ2) is 9.31. The Kier molecular flexibility index (Phi) is 6.57. The predicted octanol–water partition coefficient (Wildman–Crippen LogP) is 1.36. The molecule has 6 nitrogen and oxygen atoms in total. The third-order valence-electron chi connectivity index (χ3n) is 4.79. The number of benzene rings is 2. The van der Waals surface area contributed by atoms with Crippen molar-refractivity contribution in [1.29, 1.82) is 0 Å². The van der Waals surface area contributed by atoms with Crippen LogP contribution in [0.15, 0.2) is 48.5 Å². The molecule has 0 unspecified atom stereocenters. The standard InChI is InChI=1S/C20H30N6/c21-17-5-1-3-7-19(17)25-13-9-23-11-15-26(16-12-24-10-14-25)20-8-4-2-6-18(20)22/h1-8,23-24H,9-16,21-22H2. The Balaban J connectivity index is 1.61. The van der Waals surface area contributed by atoms with Crippen molar-refractivity contribution in [2.75, 3.05) is 73.6 Å². The Hall–Kier alpha value is -2.44. The Bertz CT molecular complexity index is 618. The molecule has 0 atom stereocenters. The van der Waals surface area contributed by atoms with Crippen LogP contribution in [-0.4, -0.2) is 52.4 Å². The van der Waals surface area contributed by atoms with Gasteiger partial charge in [0.15, 0.2) is 0 Å². The summed E-state index contributed by atoms with van der Waals surface area (Å²) in [7, 11) is 0. The number of nitrogens with two attached hydrogens (primary N) is 2. The molecule has 0 aliphatic carbocycles. The Morgan fingerprint density at radius 1 is 0.577 bits per heavy atom. The zero-order valence-electron chi connectivity index (χ0n) is 15.3. The Labute approximate surface area is 156 Å². The highest BCUT2D eigenvalue weighted by Gasteiger charge is 2.12. The topological polar surface area (TPSA) is 82.6 Å². The van der Waals surface area contributed by atoms with Crippen molar-refractivity contribution >= 4 is 22.7 Å². The van der Waals surface area contributed by atoms with Crippen LogP contribution in [0.5, 0.6) is 0 Å². The quantitative estimate of drug-likeness (QED) is 0.610. The molecule has 1 heterocycles. The molecule has 26 heavy (non-hydrogen) atoms. The molecule has 0 radical (unpaired) electrons. The zero-order chi connectivity index (χ0) is 18.2. The summed E-state index contributed by atoms with van der Waals surface area (Å²) < 4.78 is 0. The van der Waals surface area contributed by atoms with Gasteiger partial charge in [0, 0.05) is 52.4 Å². The minimum absolute atomic E-state index is 0.838. The Morgan fingerprint density at radius 2 is 0.923 bits per heavy atom. The first kappa shape index (κ1) is 18.4. The molecular weight excluding hydrogens is 324 g/mol. The van der Waals surface area contributed by atoms with Crippen LogP contribution in [0.25, 0.3) is 0 Å². The van der Waals surface area contributed by atoms with Gasteiger partial charge < -0.3 is 31.9 Å². The molecule has 140 valence electrons. The van der Waals surface area contributed by atoms with Gasteiger partial charge in [-0.3, -0.25) is 0 Å². The molecular formula is C20H30N6. The first-order chi connectivity index (χ1) is 12.8. The molecule has 3 rings (SSSR count). The molecule has 1 fully saturated rings. The lowest BCUT2D eigenvalue weighted by atomic mass is 10.2. The second-order valence-corrected chi connectivity index (χ2v) is 6.59. The molecule has 0 saturated carbocycles. The third kappa shape index (κ3) is 4.80. The monoisotopic (exact) mass is 354 g/mol. The van der Waals surface area contributed by atoms with Crippen LogP contribution < -0.4 is 31.9 Å². The largest absolute Gasteiger partial charge is 0.397 e. The number of nitrogens with zero attached hydrogens (tertiary/aromatic N) is 2. The highest BCUT2D eigenvalue weighted by Crippen LogP contribution is 2.23. The molecule has 2 aromatic rings. The van der Waals surface area contributed by atoms with Gasteiger partial charge in [-0.2, -0.15) is 0 Å². The summed E-state index contributed by atoms with van der Waals surface area (Å²) >= 11 is 0. The number of hydrogen-bond donors (Lipinski definition) is 4. The molecule has 0 bridgehead atoms. The van der Waals surface area contributed by atoms with Crippen LogP contribution in [0.2, 0.25) is 0 Å². The van der Waals surface area contributed by atoms with E-state index in [9.17, 15) is 0 Å². The van der Waals surface area contributed by atoms with Gasteiger partial charge in [0.2, 0.25) is 0 Å². The minimum atomic E-state index is 0.838. The highest BCUT2D eigenvalue weighted by molar-refractivity contribution is 5.68. The SMILES string of the molecule is Nc1ccccc1N1CCNCCN(c2ccccc2N)CCNCC1. The molecule has 1 aliphatic rings. The summed E-state index contributed by atoms with van der Waals surface area (Å²) in [5, 5.41) is 7.11. The van der Waals surface area contributed by atoms with Crippen LogP contribution >= 0.6 is 0 Å². The first-order valence-corrected chi connectivity index (χ1v) is 9.36. The fraction of sp³-hybridized carbons (Fsp3) is 0.400. The molecule has 1 aliphatic heterocycles. The average molecular weight is 355 g/mol. The molecule has 6 heteroatoms. The van der Waals surface area contributed by atoms with E-state index in [-0.39, 0.29) is 0 Å². The number of rotatable bonds is 2. The van der Waals surface area contributed by atoms with Crippen molar-refractivity contribution in [2.24, 2.45) is 0 Å². The first-order valence-electron chi connectivity index (χ1n) is 9.36. The fourth-order valence-corrected chi connectivity index (χ4v) is 3.36. The number of nitrogen functional groups attached to an aromatic ring is 2. The average Bonchev–Trinajstić information content (AvgIpc) is 2.64. The van der Waals surface area contributed by atoms with E-state index in [0.29, 0.717) is 0 Å². The van der Waals surface area contributed by atoms with Crippen molar-refractivity contribution in [1.82, 2.24) is 10.6 Å². The van der Waals surface area contributed by atoms with E-state index in [1.807, 2.05) is 36.4 Å². The maximum atomic E-state index is 6.16. The van der Waals surface area contributed by atoms with Crippen molar-refractivity contribution in [3.8, 4) is 0 Å². The minimum Gasteiger partial charge on any atom is -0.397 e. The summed E-state index contributed by atoms with van der Waals surface area (Å²) in [6, 6.07) is 16.2. The lowest BCUT2D eigenvalue weighted by Gasteiger charge is -2.30. The third-order valence-corrected chi connectivity index (χ3v) is 4.79. The zero-order valence-corrected chi connectivity index (χ0v) is 15.3. The lowest BCUT2D eigenvalue weighted by molar-refractivity contribution is 0.590. The van der Waals surface area contributed by atoms with Gasteiger partial charge >= 0.3 is 0 Å². The van der Waals surface area contributed by atoms with Crippen molar-refractivity contribution < 1.29 is 0 Å². The molecule has 2 aromatic carbocycles. The summed E-state index contributed by atoms with van der Waals surface area (Å²) in [4.78, 5) is 4.70. The van der Waals surface area contributed by atoms with Gasteiger partial charge in [-0.25, -0.2) is 0 Å². The summed E-state index contributed by atoms with van der Waals surface area (Å²) in [5.41, 5.74) is 16.2. The fourth-order valence-electron chi connectivity index (χ4n) is 3.36. The van der Waals surface area contributed by atoms with Gasteiger partial charge in [-0.15, -0.1) is 0 Å². The van der Waals surface area contributed by atoms with Gasteiger partial charge in [0.25, 0.3) is 0 Å². The van der Waals surface area contributed by atoms with Crippen molar-refractivity contribution in [3.63, 3.8) is 0 Å². The molecule has 1 saturated heterocycles. The molecule has 0 aromatic heterocycles. The summed E-state index contributed by atoms with van der Waals surface area (Å²) in [6.07, 6.45) is 0. The number of para-hydroxylation sites is 4. The van der Waals surface area contributed by atoms with Crippen LogP contribution in [0.3, 0.4) is 0 Å². The maximum Gasteiger partial charge on any atom is 0.0600 e. The van der Waals surface area contributed by atoms with E-state index >= 15 is 0 Å². The summed E-state index contributed by atoms with van der Waals surface area (Å²) in [6.45, 7) is 7.43. The normalized spacial score (nSPS) is 17.4. The van der Waals surface area contributed by atoms with E-state index in [1.165, 1.54) is 0 Å². The van der Waals surface area contributed by atoms with Crippen LogP contribution in [-0.2, 0) is 0 Å². The summed E-state index contributed by atoms with van der Waals surface area (Å²) in [5.74, 6) is 0. The van der Waals surface area contributed by atoms with E-state index in [4.69, 9.17) is 11.5 Å². The van der Waals surface area contributed by atoms with E-state index < -0.39 is 0 Å².